The number of phenols is 1. The van der Waals surface area contributed by atoms with E-state index in [4.69, 9.17) is 4.98 Å². The van der Waals surface area contributed by atoms with Crippen LogP contribution in [0.2, 0.25) is 0 Å². The van der Waals surface area contributed by atoms with Crippen molar-refractivity contribution in [2.45, 2.75) is 0 Å². The van der Waals surface area contributed by atoms with Gasteiger partial charge >= 0.3 is 0 Å². The molecule has 1 heterocycles. The van der Waals surface area contributed by atoms with E-state index in [0.29, 0.717) is 0 Å². The topological polar surface area (TPSA) is 33.1 Å². The van der Waals surface area contributed by atoms with Gasteiger partial charge in [0.1, 0.15) is 5.75 Å². The van der Waals surface area contributed by atoms with E-state index in [1.54, 1.807) is 6.07 Å². The first-order valence-electron chi connectivity index (χ1n) is 9.71. The van der Waals surface area contributed by atoms with Crippen molar-refractivity contribution in [3.63, 3.8) is 0 Å². The molecular weight excluding hydrogens is 354 g/mol. The minimum absolute atomic E-state index is 0.286. The van der Waals surface area contributed by atoms with E-state index in [1.807, 2.05) is 36.5 Å². The van der Waals surface area contributed by atoms with Crippen LogP contribution in [0, 0.1) is 0 Å². The van der Waals surface area contributed by atoms with Crippen molar-refractivity contribution >= 4 is 43.2 Å². The molecule has 29 heavy (non-hydrogen) atoms. The van der Waals surface area contributed by atoms with Crippen LogP contribution in [0.4, 0.5) is 0 Å². The molecule has 0 saturated heterocycles. The third-order valence-corrected chi connectivity index (χ3v) is 5.78. The molecule has 1 N–H and O–H groups in total. The Kier molecular flexibility index (Phi) is 3.35. The van der Waals surface area contributed by atoms with Gasteiger partial charge in [-0.25, -0.2) is 0 Å². The summed E-state index contributed by atoms with van der Waals surface area (Å²) in [7, 11) is 0. The van der Waals surface area contributed by atoms with Crippen LogP contribution >= 0.6 is 0 Å². The highest BCUT2D eigenvalue weighted by atomic mass is 16.3. The van der Waals surface area contributed by atoms with Crippen LogP contribution in [-0.4, -0.2) is 10.1 Å². The number of benzene rings is 5. The molecule has 6 aromatic rings. The van der Waals surface area contributed by atoms with Gasteiger partial charge in [-0.1, -0.05) is 84.9 Å². The van der Waals surface area contributed by atoms with E-state index in [-0.39, 0.29) is 5.75 Å². The predicted molar refractivity (Wildman–Crippen MR) is 121 cm³/mol. The molecular formula is C27H17NO. The molecule has 1 aromatic heterocycles. The third kappa shape index (κ3) is 2.33. The number of aromatic hydroxyl groups is 1. The number of nitrogens with zero attached hydrogens (tertiary/aromatic N) is 1. The third-order valence-electron chi connectivity index (χ3n) is 5.78. The summed E-state index contributed by atoms with van der Waals surface area (Å²) in [4.78, 5) is 4.85. The van der Waals surface area contributed by atoms with Crippen LogP contribution in [0.1, 0.15) is 0 Å². The summed E-state index contributed by atoms with van der Waals surface area (Å²) in [5.41, 5.74) is 2.82. The summed E-state index contributed by atoms with van der Waals surface area (Å²) >= 11 is 0. The number of pyridine rings is 1. The van der Waals surface area contributed by atoms with Crippen molar-refractivity contribution in [1.82, 2.24) is 4.98 Å². The highest BCUT2D eigenvalue weighted by molar-refractivity contribution is 6.20. The van der Waals surface area contributed by atoms with Gasteiger partial charge in [-0.05, 0) is 33.2 Å². The second kappa shape index (κ2) is 6.05. The van der Waals surface area contributed by atoms with Crippen molar-refractivity contribution in [2.24, 2.45) is 0 Å². The van der Waals surface area contributed by atoms with Gasteiger partial charge in [0.05, 0.1) is 5.52 Å². The Morgan fingerprint density at radius 1 is 0.552 bits per heavy atom. The van der Waals surface area contributed by atoms with Crippen molar-refractivity contribution in [2.75, 3.05) is 0 Å². The van der Waals surface area contributed by atoms with Crippen molar-refractivity contribution < 1.29 is 5.11 Å². The average molecular weight is 371 g/mol. The maximum Gasteiger partial charge on any atom is 0.124 e. The first kappa shape index (κ1) is 16.1. The molecule has 2 nitrogen and oxygen atoms in total. The summed E-state index contributed by atoms with van der Waals surface area (Å²) in [5.74, 6) is 0.286. The fraction of sp³-hybridized carbons (Fsp3) is 0. The van der Waals surface area contributed by atoms with Gasteiger partial charge in [-0.15, -0.1) is 0 Å². The molecule has 0 unspecified atom stereocenters. The lowest BCUT2D eigenvalue weighted by atomic mass is 9.91. The minimum Gasteiger partial charge on any atom is -0.507 e. The zero-order valence-electron chi connectivity index (χ0n) is 15.6. The van der Waals surface area contributed by atoms with Crippen LogP contribution in [-0.2, 0) is 0 Å². The molecule has 0 spiro atoms. The fourth-order valence-corrected chi connectivity index (χ4v) is 4.45. The van der Waals surface area contributed by atoms with Crippen LogP contribution in [0.5, 0.6) is 5.75 Å². The molecule has 0 aliphatic rings. The molecule has 0 saturated carbocycles. The van der Waals surface area contributed by atoms with Crippen LogP contribution < -0.4 is 0 Å². The fourth-order valence-electron chi connectivity index (χ4n) is 4.45. The summed E-state index contributed by atoms with van der Waals surface area (Å²) in [5, 5.41) is 18.6. The minimum atomic E-state index is 0.286. The van der Waals surface area contributed by atoms with E-state index in [2.05, 4.69) is 54.6 Å². The molecule has 0 atom stereocenters. The van der Waals surface area contributed by atoms with E-state index < -0.39 is 0 Å². The maximum absolute atomic E-state index is 10.8. The second-order valence-electron chi connectivity index (χ2n) is 7.39. The van der Waals surface area contributed by atoms with Gasteiger partial charge in [0.25, 0.3) is 0 Å². The lowest BCUT2D eigenvalue weighted by Crippen LogP contribution is -1.89. The molecule has 5 aromatic carbocycles. The highest BCUT2D eigenvalue weighted by Crippen LogP contribution is 2.42. The second-order valence-corrected chi connectivity index (χ2v) is 7.39. The van der Waals surface area contributed by atoms with Crippen molar-refractivity contribution in [3.05, 3.63) is 97.2 Å². The number of hydrogen-bond donors (Lipinski definition) is 1. The molecule has 136 valence electrons. The van der Waals surface area contributed by atoms with Crippen molar-refractivity contribution in [1.29, 1.82) is 0 Å². The lowest BCUT2D eigenvalue weighted by Gasteiger charge is -2.14. The van der Waals surface area contributed by atoms with Gasteiger partial charge in [-0.3, -0.25) is 4.98 Å². The Morgan fingerprint density at radius 3 is 2.17 bits per heavy atom. The molecule has 0 bridgehead atoms. The first-order valence-corrected chi connectivity index (χ1v) is 9.71. The summed E-state index contributed by atoms with van der Waals surface area (Å²) in [6.07, 6.45) is 1.94. The lowest BCUT2D eigenvalue weighted by molar-refractivity contribution is 0.478. The van der Waals surface area contributed by atoms with Gasteiger partial charge in [-0.2, -0.15) is 0 Å². The molecule has 0 amide bonds. The Bertz CT molecular complexity index is 1570. The highest BCUT2D eigenvalue weighted by Gasteiger charge is 2.15. The molecule has 0 aliphatic carbocycles. The summed E-state index contributed by atoms with van der Waals surface area (Å²) < 4.78 is 0. The summed E-state index contributed by atoms with van der Waals surface area (Å²) in [6.45, 7) is 0. The Balaban J connectivity index is 1.83. The first-order chi connectivity index (χ1) is 14.3. The van der Waals surface area contributed by atoms with Crippen LogP contribution in [0.15, 0.2) is 97.2 Å². The van der Waals surface area contributed by atoms with Crippen LogP contribution in [0.3, 0.4) is 0 Å². The molecule has 2 heteroatoms. The van der Waals surface area contributed by atoms with Gasteiger partial charge in [0.2, 0.25) is 0 Å². The van der Waals surface area contributed by atoms with E-state index >= 15 is 0 Å². The standard InChI is InChI=1S/C27H17NO/c29-24-15-13-17-6-1-4-10-21(17)26(24)23-11-5-8-18-12-14-22-20-9-3-2-7-19(20)16-28-27(22)25(18)23/h1-16,29H. The number of phenolic OH excluding ortho intramolecular Hbond substituents is 1. The normalized spacial score (nSPS) is 11.6. The zero-order chi connectivity index (χ0) is 19.4. The van der Waals surface area contributed by atoms with E-state index in [0.717, 1.165) is 49.0 Å². The van der Waals surface area contributed by atoms with Crippen molar-refractivity contribution in [3.8, 4) is 16.9 Å². The van der Waals surface area contributed by atoms with Gasteiger partial charge in [0, 0.05) is 27.9 Å². The average Bonchev–Trinajstić information content (AvgIpc) is 2.78. The van der Waals surface area contributed by atoms with Crippen LogP contribution in [0.25, 0.3) is 54.3 Å². The Morgan fingerprint density at radius 2 is 1.28 bits per heavy atom. The van der Waals surface area contributed by atoms with E-state index in [9.17, 15) is 5.11 Å². The molecule has 0 radical (unpaired) electrons. The van der Waals surface area contributed by atoms with Gasteiger partial charge < -0.3 is 5.11 Å². The quantitative estimate of drug-likeness (QED) is 0.314. The zero-order valence-corrected chi connectivity index (χ0v) is 15.6. The predicted octanol–water partition coefficient (Wildman–Crippen LogP) is 7.07. The molecule has 0 fully saturated rings. The number of fused-ring (bicyclic) bond motifs is 6. The number of aromatic nitrogens is 1. The monoisotopic (exact) mass is 371 g/mol. The Labute approximate surface area is 167 Å². The summed E-state index contributed by atoms with van der Waals surface area (Å²) in [6, 6.07) is 30.8. The smallest absolute Gasteiger partial charge is 0.124 e. The Hall–Kier alpha value is -3.91. The largest absolute Gasteiger partial charge is 0.507 e. The SMILES string of the molecule is Oc1ccc2ccccc2c1-c1cccc2ccc3c4ccccc4cnc3c12. The number of hydrogen-bond acceptors (Lipinski definition) is 2. The molecule has 6 rings (SSSR count). The van der Waals surface area contributed by atoms with E-state index in [1.165, 1.54) is 5.39 Å². The van der Waals surface area contributed by atoms with Gasteiger partial charge in [0.15, 0.2) is 0 Å². The molecule has 0 aliphatic heterocycles. The maximum atomic E-state index is 10.8. The number of rotatable bonds is 1.